The Labute approximate surface area is 364 Å². The number of hydroxylamine groups is 2. The molecule has 16 heteroatoms. The molecular formula is C46H65N5O11. The highest BCUT2D eigenvalue weighted by Crippen LogP contribution is 2.24. The molecule has 3 aliphatic heterocycles. The number of benzene rings is 1. The summed E-state index contributed by atoms with van der Waals surface area (Å²) >= 11 is 0. The lowest BCUT2D eigenvalue weighted by atomic mass is 9.84. The number of phenolic OH excluding ortho intramolecular Hbond substituents is 1. The van der Waals surface area contributed by atoms with Crippen LogP contribution in [0.15, 0.2) is 72.4 Å². The first-order chi connectivity index (χ1) is 29.5. The topological polar surface area (TPSA) is 224 Å². The molecule has 0 spiro atoms. The van der Waals surface area contributed by atoms with Crippen molar-refractivity contribution in [2.75, 3.05) is 19.7 Å². The number of phenols is 1. The first kappa shape index (κ1) is 49.5. The Kier molecular flexibility index (Phi) is 19.5. The summed E-state index contributed by atoms with van der Waals surface area (Å²) in [6.07, 6.45) is 11.1. The van der Waals surface area contributed by atoms with Gasteiger partial charge >= 0.3 is 5.97 Å². The number of cyclic esters (lactones) is 1. The first-order valence-electron chi connectivity index (χ1n) is 21.7. The maximum atomic E-state index is 14.4. The largest absolute Gasteiger partial charge is 0.508 e. The normalized spacial score (nSPS) is 29.1. The van der Waals surface area contributed by atoms with Gasteiger partial charge in [-0.25, -0.2) is 10.5 Å². The van der Waals surface area contributed by atoms with Crippen molar-refractivity contribution in [3.63, 3.8) is 0 Å². The predicted octanol–water partition coefficient (Wildman–Crippen LogP) is 3.27. The SMILES string of the molecule is CC(=O)CC[C@H]1C(=O)N[C@@H](C(C)C)C(=O)N[C@@H](Cc2cccc(O)c2)C(=O)N2CCCC(N2)C(=O)O[C@H](/C(C)=C/C=C/C(=O)N2CCCCCO2)C/C=C/C=C/[C@H](O)[C@H](C)[C@H]1O. The zero-order valence-corrected chi connectivity index (χ0v) is 36.5. The molecule has 8 atom stereocenters. The van der Waals surface area contributed by atoms with E-state index < -0.39 is 77.9 Å². The maximum absolute atomic E-state index is 14.4. The molecule has 340 valence electrons. The number of esters is 1. The van der Waals surface area contributed by atoms with Gasteiger partial charge < -0.3 is 35.5 Å². The molecule has 4 amide bonds. The van der Waals surface area contributed by atoms with Crippen LogP contribution in [0.3, 0.4) is 0 Å². The lowest BCUT2D eigenvalue weighted by Gasteiger charge is -2.36. The fourth-order valence-corrected chi connectivity index (χ4v) is 7.47. The minimum Gasteiger partial charge on any atom is -0.508 e. The number of ketones is 1. The number of ether oxygens (including phenoxy) is 1. The van der Waals surface area contributed by atoms with E-state index in [0.717, 1.165) is 19.3 Å². The minimum atomic E-state index is -1.42. The Morgan fingerprint density at radius 1 is 0.984 bits per heavy atom. The van der Waals surface area contributed by atoms with E-state index in [0.29, 0.717) is 37.1 Å². The lowest BCUT2D eigenvalue weighted by molar-refractivity contribution is -0.177. The average Bonchev–Trinajstić information content (AvgIpc) is 3.53. The van der Waals surface area contributed by atoms with Crippen LogP contribution in [0.25, 0.3) is 0 Å². The number of hydrogen-bond acceptors (Lipinski definition) is 12. The summed E-state index contributed by atoms with van der Waals surface area (Å²) in [5.41, 5.74) is 4.15. The van der Waals surface area contributed by atoms with Crippen LogP contribution in [0.5, 0.6) is 5.75 Å². The number of nitrogens with zero attached hydrogens (tertiary/aromatic N) is 2. The van der Waals surface area contributed by atoms with Gasteiger partial charge in [0.05, 0.1) is 24.7 Å². The molecule has 4 rings (SSSR count). The number of aromatic hydroxyl groups is 1. The van der Waals surface area contributed by atoms with Crippen molar-refractivity contribution in [2.45, 2.75) is 129 Å². The van der Waals surface area contributed by atoms with Crippen molar-refractivity contribution in [2.24, 2.45) is 17.8 Å². The number of carbonyl (C=O) groups excluding carboxylic acids is 6. The summed E-state index contributed by atoms with van der Waals surface area (Å²) in [6, 6.07) is 2.90. The third-order valence-corrected chi connectivity index (χ3v) is 11.4. The van der Waals surface area contributed by atoms with Crippen LogP contribution in [-0.2, 0) is 44.8 Å². The summed E-state index contributed by atoms with van der Waals surface area (Å²) in [7, 11) is 0. The molecule has 0 saturated carbocycles. The van der Waals surface area contributed by atoms with Crippen LogP contribution in [-0.4, -0.2) is 117 Å². The molecule has 3 heterocycles. The third-order valence-electron chi connectivity index (χ3n) is 11.4. The number of amides is 4. The van der Waals surface area contributed by atoms with Crippen LogP contribution in [0.4, 0.5) is 0 Å². The van der Waals surface area contributed by atoms with Gasteiger partial charge in [-0.15, -0.1) is 0 Å². The summed E-state index contributed by atoms with van der Waals surface area (Å²) < 4.78 is 6.06. The molecule has 62 heavy (non-hydrogen) atoms. The fraction of sp³-hybridized carbons (Fsp3) is 0.565. The van der Waals surface area contributed by atoms with Gasteiger partial charge in [0.25, 0.3) is 11.8 Å². The van der Waals surface area contributed by atoms with Crippen molar-refractivity contribution >= 4 is 35.4 Å². The monoisotopic (exact) mass is 863 g/mol. The molecule has 1 aromatic rings. The second kappa shape index (κ2) is 24.5. The van der Waals surface area contributed by atoms with Crippen molar-refractivity contribution < 1.29 is 53.7 Å². The average molecular weight is 864 g/mol. The van der Waals surface area contributed by atoms with Crippen LogP contribution >= 0.6 is 0 Å². The summed E-state index contributed by atoms with van der Waals surface area (Å²) in [5.74, 6) is -5.70. The molecule has 1 aromatic carbocycles. The maximum Gasteiger partial charge on any atom is 0.325 e. The molecule has 16 nitrogen and oxygen atoms in total. The molecule has 3 aliphatic rings. The highest BCUT2D eigenvalue weighted by Gasteiger charge is 2.38. The highest BCUT2D eigenvalue weighted by atomic mass is 16.7. The number of fused-ring (bicyclic) bond motifs is 2. The van der Waals surface area contributed by atoms with Crippen LogP contribution in [0.2, 0.25) is 0 Å². The van der Waals surface area contributed by atoms with Gasteiger partial charge in [-0.05, 0) is 81.6 Å². The number of rotatable bonds is 9. The summed E-state index contributed by atoms with van der Waals surface area (Å²) in [5, 5.41) is 41.0. The predicted molar refractivity (Wildman–Crippen MR) is 230 cm³/mol. The van der Waals surface area contributed by atoms with Crippen molar-refractivity contribution in [3.8, 4) is 5.75 Å². The standard InChI is InChI=1S/C46H65N5O11/c1-29(2)41-44(58)47-37(28-33-16-13-17-34(53)27-33)45(59)50-24-14-18-36(49-50)46(60)62-39(30(3)15-12-21-40(55)51-25-10-7-11-26-61-51)20-9-6-8-19-38(54)32(5)42(56)35(43(57)48-41)23-22-31(4)52/h6,8-9,12-13,15-17,19,21,27,29,32,35-39,41-42,49,53-54,56H,7,10-11,14,18,20,22-26,28H2,1-5H3,(H,47,58)(H,48,57)/b9-6+,19-8+,21-12+,30-15+/t32-,35+,36?,37-,38-,39-,41-,42+/m0/s1. The zero-order chi connectivity index (χ0) is 45.3. The van der Waals surface area contributed by atoms with Gasteiger partial charge in [0.1, 0.15) is 35.8 Å². The van der Waals surface area contributed by atoms with Gasteiger partial charge in [0.2, 0.25) is 11.8 Å². The van der Waals surface area contributed by atoms with Gasteiger partial charge in [0, 0.05) is 44.3 Å². The Hall–Kier alpha value is -5.16. The fourth-order valence-electron chi connectivity index (χ4n) is 7.47. The highest BCUT2D eigenvalue weighted by molar-refractivity contribution is 5.93. The lowest BCUT2D eigenvalue weighted by Crippen LogP contribution is -2.62. The number of Topliss-reactive ketones (excluding diaryl/α,β-unsaturated/α-hetero) is 1. The van der Waals surface area contributed by atoms with Crippen LogP contribution in [0, 0.1) is 17.8 Å². The third kappa shape index (κ3) is 15.0. The molecule has 6 N–H and O–H groups in total. The molecule has 0 radical (unpaired) electrons. The molecule has 2 fully saturated rings. The number of allylic oxidation sites excluding steroid dienone is 4. The zero-order valence-electron chi connectivity index (χ0n) is 36.5. The molecule has 0 aromatic heterocycles. The van der Waals surface area contributed by atoms with Crippen LogP contribution < -0.4 is 16.1 Å². The van der Waals surface area contributed by atoms with Gasteiger partial charge in [-0.3, -0.25) is 33.8 Å². The number of hydrogen-bond donors (Lipinski definition) is 6. The van der Waals surface area contributed by atoms with E-state index in [2.05, 4.69) is 16.1 Å². The van der Waals surface area contributed by atoms with E-state index in [-0.39, 0.29) is 49.7 Å². The molecule has 1 unspecified atom stereocenters. The Morgan fingerprint density at radius 2 is 1.76 bits per heavy atom. The Bertz CT molecular complexity index is 1840. The number of hydrazine groups is 1. The van der Waals surface area contributed by atoms with E-state index >= 15 is 0 Å². The number of carbonyl (C=O) groups is 6. The van der Waals surface area contributed by atoms with E-state index in [1.807, 2.05) is 0 Å². The second-order valence-electron chi connectivity index (χ2n) is 16.7. The molecular weight excluding hydrogens is 799 g/mol. The number of nitrogens with one attached hydrogen (secondary N) is 3. The van der Waals surface area contributed by atoms with E-state index in [4.69, 9.17) is 9.57 Å². The van der Waals surface area contributed by atoms with E-state index in [1.165, 1.54) is 41.3 Å². The van der Waals surface area contributed by atoms with Crippen molar-refractivity contribution in [1.82, 2.24) is 26.1 Å². The quantitative estimate of drug-likeness (QED) is 0.120. The number of aliphatic hydroxyl groups is 2. The first-order valence-corrected chi connectivity index (χ1v) is 21.7. The minimum absolute atomic E-state index is 0.0298. The van der Waals surface area contributed by atoms with E-state index in [1.54, 1.807) is 70.2 Å². The number of aliphatic hydroxyl groups excluding tert-OH is 2. The second-order valence-corrected chi connectivity index (χ2v) is 16.7. The molecule has 2 saturated heterocycles. The van der Waals surface area contributed by atoms with Crippen molar-refractivity contribution in [1.29, 1.82) is 0 Å². The van der Waals surface area contributed by atoms with Gasteiger partial charge in [-0.2, -0.15) is 0 Å². The van der Waals surface area contributed by atoms with Gasteiger partial charge in [0.15, 0.2) is 0 Å². The molecule has 0 aliphatic carbocycles. The smallest absolute Gasteiger partial charge is 0.325 e. The molecule has 2 bridgehead atoms. The summed E-state index contributed by atoms with van der Waals surface area (Å²) in [4.78, 5) is 86.7. The van der Waals surface area contributed by atoms with E-state index in [9.17, 15) is 44.1 Å². The Morgan fingerprint density at radius 3 is 2.48 bits per heavy atom. The van der Waals surface area contributed by atoms with Crippen molar-refractivity contribution in [3.05, 3.63) is 77.9 Å². The summed E-state index contributed by atoms with van der Waals surface area (Å²) in [6.45, 7) is 9.28. The Balaban J connectivity index is 1.70. The van der Waals surface area contributed by atoms with Gasteiger partial charge in [-0.1, -0.05) is 69.4 Å². The van der Waals surface area contributed by atoms with Crippen LogP contribution in [0.1, 0.15) is 91.5 Å².